The van der Waals surface area contributed by atoms with E-state index in [1.165, 1.54) is 6.92 Å². The zero-order chi connectivity index (χ0) is 19.2. The van der Waals surface area contributed by atoms with Crippen molar-refractivity contribution in [1.82, 2.24) is 25.2 Å². The van der Waals surface area contributed by atoms with Gasteiger partial charge in [-0.3, -0.25) is 4.79 Å². The number of nitrogens with zero attached hydrogens (tertiary/aromatic N) is 3. The third-order valence-corrected chi connectivity index (χ3v) is 4.61. The number of aromatic nitrogens is 3. The van der Waals surface area contributed by atoms with Crippen molar-refractivity contribution >= 4 is 40.6 Å². The smallest absolute Gasteiger partial charge is 0.216 e. The van der Waals surface area contributed by atoms with Crippen LogP contribution in [0.15, 0.2) is 36.5 Å². The van der Waals surface area contributed by atoms with E-state index in [0.717, 1.165) is 22.7 Å². The van der Waals surface area contributed by atoms with Crippen LogP contribution in [-0.2, 0) is 17.9 Å². The second-order valence-corrected chi connectivity index (χ2v) is 6.81. The Morgan fingerprint density at radius 3 is 2.74 bits per heavy atom. The van der Waals surface area contributed by atoms with E-state index in [1.807, 2.05) is 24.3 Å². The van der Waals surface area contributed by atoms with Gasteiger partial charge in [0.2, 0.25) is 5.91 Å². The first-order valence-corrected chi connectivity index (χ1v) is 9.25. The predicted octanol–water partition coefficient (Wildman–Crippen LogP) is 2.87. The molecule has 3 aromatic rings. The maximum absolute atomic E-state index is 10.9. The molecule has 3 rings (SSSR count). The molecule has 0 fully saturated rings. The second-order valence-electron chi connectivity index (χ2n) is 6.00. The van der Waals surface area contributed by atoms with E-state index in [4.69, 9.17) is 23.2 Å². The summed E-state index contributed by atoms with van der Waals surface area (Å²) in [6.07, 6.45) is 1.79. The van der Waals surface area contributed by atoms with Gasteiger partial charge >= 0.3 is 0 Å². The fourth-order valence-corrected chi connectivity index (χ4v) is 2.84. The van der Waals surface area contributed by atoms with Crippen LogP contribution >= 0.6 is 23.2 Å². The van der Waals surface area contributed by atoms with Crippen LogP contribution in [0, 0.1) is 0 Å². The number of amides is 1. The number of nitrogens with one attached hydrogen (secondary N) is 3. The molecule has 0 saturated heterocycles. The van der Waals surface area contributed by atoms with Crippen LogP contribution in [0.3, 0.4) is 0 Å². The zero-order valence-electron chi connectivity index (χ0n) is 14.8. The number of halogens is 2. The van der Waals surface area contributed by atoms with Crippen LogP contribution in [0.2, 0.25) is 10.0 Å². The number of benzene rings is 1. The Balaban J connectivity index is 1.61. The van der Waals surface area contributed by atoms with Crippen molar-refractivity contribution in [3.63, 3.8) is 0 Å². The minimum atomic E-state index is -0.0361. The van der Waals surface area contributed by atoms with Crippen molar-refractivity contribution in [3.8, 4) is 0 Å². The summed E-state index contributed by atoms with van der Waals surface area (Å²) in [5.41, 5.74) is 2.72. The highest BCUT2D eigenvalue weighted by molar-refractivity contribution is 6.42. The van der Waals surface area contributed by atoms with Crippen molar-refractivity contribution in [1.29, 1.82) is 0 Å². The molecule has 1 amide bonds. The van der Waals surface area contributed by atoms with E-state index in [-0.39, 0.29) is 5.91 Å². The molecular formula is C18H20Cl2N6O. The highest BCUT2D eigenvalue weighted by Gasteiger charge is 2.06. The summed E-state index contributed by atoms with van der Waals surface area (Å²) in [7, 11) is 0. The number of carbonyl (C=O) groups excluding carboxylic acids is 1. The van der Waals surface area contributed by atoms with E-state index in [2.05, 4.69) is 26.0 Å². The fourth-order valence-electron chi connectivity index (χ4n) is 2.52. The molecule has 0 radical (unpaired) electrons. The van der Waals surface area contributed by atoms with Gasteiger partial charge in [-0.1, -0.05) is 29.3 Å². The van der Waals surface area contributed by atoms with Crippen LogP contribution < -0.4 is 16.0 Å². The van der Waals surface area contributed by atoms with Gasteiger partial charge in [0.25, 0.3) is 0 Å². The lowest BCUT2D eigenvalue weighted by Gasteiger charge is -2.08. The van der Waals surface area contributed by atoms with Crippen LogP contribution in [0.1, 0.15) is 18.2 Å². The van der Waals surface area contributed by atoms with Gasteiger partial charge in [0.1, 0.15) is 5.82 Å². The van der Waals surface area contributed by atoms with Gasteiger partial charge in [-0.2, -0.15) is 0 Å². The minimum absolute atomic E-state index is 0.0361. The molecule has 2 aromatic heterocycles. The first-order chi connectivity index (χ1) is 13.0. The molecule has 0 atom stereocenters. The van der Waals surface area contributed by atoms with Gasteiger partial charge in [-0.15, -0.1) is 5.10 Å². The SMILES string of the molecule is CC(=O)NCCNCc1cnc2ccc(NCc3ccc(Cl)c(Cl)c3)nn12. The molecule has 0 spiro atoms. The Bertz CT molecular complexity index is 943. The summed E-state index contributed by atoms with van der Waals surface area (Å²) in [6.45, 7) is 3.93. The summed E-state index contributed by atoms with van der Waals surface area (Å²) in [6, 6.07) is 9.31. The van der Waals surface area contributed by atoms with E-state index in [9.17, 15) is 4.79 Å². The minimum Gasteiger partial charge on any atom is -0.365 e. The molecule has 9 heteroatoms. The van der Waals surface area contributed by atoms with Crippen LogP contribution in [-0.4, -0.2) is 33.6 Å². The highest BCUT2D eigenvalue weighted by Crippen LogP contribution is 2.23. The van der Waals surface area contributed by atoms with Crippen LogP contribution in [0.4, 0.5) is 5.82 Å². The lowest BCUT2D eigenvalue weighted by Crippen LogP contribution is -2.30. The molecule has 0 saturated carbocycles. The Morgan fingerprint density at radius 2 is 1.96 bits per heavy atom. The maximum atomic E-state index is 10.9. The third kappa shape index (κ3) is 5.32. The highest BCUT2D eigenvalue weighted by atomic mass is 35.5. The molecular weight excluding hydrogens is 387 g/mol. The first kappa shape index (κ1) is 19.4. The first-order valence-electron chi connectivity index (χ1n) is 8.49. The largest absolute Gasteiger partial charge is 0.365 e. The molecule has 0 bridgehead atoms. The van der Waals surface area contributed by atoms with E-state index in [0.29, 0.717) is 36.2 Å². The summed E-state index contributed by atoms with van der Waals surface area (Å²) in [4.78, 5) is 15.2. The van der Waals surface area contributed by atoms with E-state index < -0.39 is 0 Å². The third-order valence-electron chi connectivity index (χ3n) is 3.87. The number of rotatable bonds is 8. The van der Waals surface area contributed by atoms with Crippen molar-refractivity contribution in [2.75, 3.05) is 18.4 Å². The molecule has 7 nitrogen and oxygen atoms in total. The maximum Gasteiger partial charge on any atom is 0.216 e. The molecule has 1 aromatic carbocycles. The quantitative estimate of drug-likeness (QED) is 0.501. The van der Waals surface area contributed by atoms with Crippen molar-refractivity contribution in [2.45, 2.75) is 20.0 Å². The van der Waals surface area contributed by atoms with Gasteiger partial charge < -0.3 is 16.0 Å². The zero-order valence-corrected chi connectivity index (χ0v) is 16.3. The van der Waals surface area contributed by atoms with Gasteiger partial charge in [0.05, 0.1) is 21.9 Å². The number of fused-ring (bicyclic) bond motifs is 1. The van der Waals surface area contributed by atoms with Gasteiger partial charge in [0, 0.05) is 33.1 Å². The van der Waals surface area contributed by atoms with E-state index >= 15 is 0 Å². The summed E-state index contributed by atoms with van der Waals surface area (Å²) < 4.78 is 1.79. The molecule has 0 aliphatic rings. The average Bonchev–Trinajstić information content (AvgIpc) is 3.04. The van der Waals surface area contributed by atoms with Gasteiger partial charge in [-0.05, 0) is 29.8 Å². The Kier molecular flexibility index (Phi) is 6.49. The standard InChI is InChI=1S/C18H20Cl2N6O/c1-12(27)22-7-6-21-10-14-11-24-18-5-4-17(25-26(14)18)23-9-13-2-3-15(19)16(20)8-13/h2-5,8,11,21H,6-7,9-10H2,1H3,(H,22,27)(H,23,25). The molecule has 142 valence electrons. The number of hydrogen-bond donors (Lipinski definition) is 3. The molecule has 0 aliphatic heterocycles. The summed E-state index contributed by atoms with van der Waals surface area (Å²) in [5.74, 6) is 0.692. The Labute approximate surface area is 167 Å². The normalized spacial score (nSPS) is 10.9. The van der Waals surface area contributed by atoms with Crippen molar-refractivity contribution in [3.05, 3.63) is 57.8 Å². The average molecular weight is 407 g/mol. The number of imidazole rings is 1. The number of anilines is 1. The van der Waals surface area contributed by atoms with Gasteiger partial charge in [-0.25, -0.2) is 9.50 Å². The predicted molar refractivity (Wildman–Crippen MR) is 107 cm³/mol. The number of carbonyl (C=O) groups is 1. The summed E-state index contributed by atoms with van der Waals surface area (Å²) in [5, 5.41) is 14.9. The molecule has 27 heavy (non-hydrogen) atoms. The molecule has 0 aliphatic carbocycles. The second kappa shape index (κ2) is 9.03. The van der Waals surface area contributed by atoms with Crippen LogP contribution in [0.5, 0.6) is 0 Å². The lowest BCUT2D eigenvalue weighted by molar-refractivity contribution is -0.118. The summed E-state index contributed by atoms with van der Waals surface area (Å²) >= 11 is 12.0. The monoisotopic (exact) mass is 406 g/mol. The molecule has 0 unspecified atom stereocenters. The lowest BCUT2D eigenvalue weighted by atomic mass is 10.2. The van der Waals surface area contributed by atoms with Crippen molar-refractivity contribution < 1.29 is 4.79 Å². The van der Waals surface area contributed by atoms with Crippen LogP contribution in [0.25, 0.3) is 5.65 Å². The number of hydrogen-bond acceptors (Lipinski definition) is 5. The van der Waals surface area contributed by atoms with Crippen molar-refractivity contribution in [2.24, 2.45) is 0 Å². The topological polar surface area (TPSA) is 83.3 Å². The molecule has 2 heterocycles. The fraction of sp³-hybridized carbons (Fsp3) is 0.278. The van der Waals surface area contributed by atoms with Gasteiger partial charge in [0.15, 0.2) is 5.65 Å². The Hall–Kier alpha value is -2.35. The molecule has 3 N–H and O–H groups in total. The Morgan fingerprint density at radius 1 is 1.11 bits per heavy atom. The van der Waals surface area contributed by atoms with E-state index in [1.54, 1.807) is 16.8 Å².